The molecule has 2 heterocycles. The summed E-state index contributed by atoms with van der Waals surface area (Å²) in [5.74, 6) is 1.07. The van der Waals surface area contributed by atoms with Crippen molar-refractivity contribution in [3.8, 4) is 0 Å². The molecule has 1 amide bonds. The lowest BCUT2D eigenvalue weighted by atomic mass is 10.3. The van der Waals surface area contributed by atoms with Crippen molar-refractivity contribution in [2.75, 3.05) is 46.3 Å². The van der Waals surface area contributed by atoms with Crippen LogP contribution in [0.1, 0.15) is 13.3 Å². The monoisotopic (exact) mass is 253 g/mol. The maximum atomic E-state index is 12.0. The van der Waals surface area contributed by atoms with E-state index in [1.165, 1.54) is 0 Å². The van der Waals surface area contributed by atoms with E-state index in [1.54, 1.807) is 0 Å². The zero-order valence-corrected chi connectivity index (χ0v) is 11.3. The van der Waals surface area contributed by atoms with Gasteiger partial charge in [-0.1, -0.05) is 0 Å². The number of likely N-dealkylation sites (N-methyl/N-ethyl adjacent to an activating group) is 1. The van der Waals surface area contributed by atoms with Gasteiger partial charge in [0.15, 0.2) is 5.96 Å². The van der Waals surface area contributed by atoms with Gasteiger partial charge >= 0.3 is 0 Å². The maximum absolute atomic E-state index is 12.0. The Labute approximate surface area is 108 Å². The quantitative estimate of drug-likeness (QED) is 0.683. The van der Waals surface area contributed by atoms with Gasteiger partial charge in [-0.15, -0.1) is 0 Å². The summed E-state index contributed by atoms with van der Waals surface area (Å²) in [5.41, 5.74) is 0. The molecule has 1 saturated heterocycles. The first-order chi connectivity index (χ1) is 8.65. The predicted molar refractivity (Wildman–Crippen MR) is 71.6 cm³/mol. The number of guanidine groups is 1. The molecule has 0 spiro atoms. The van der Waals surface area contributed by atoms with E-state index in [-0.39, 0.29) is 5.91 Å². The van der Waals surface area contributed by atoms with Gasteiger partial charge in [0.1, 0.15) is 0 Å². The fourth-order valence-corrected chi connectivity index (χ4v) is 2.16. The van der Waals surface area contributed by atoms with E-state index in [0.717, 1.165) is 38.7 Å². The normalized spacial score (nSPS) is 24.7. The van der Waals surface area contributed by atoms with Gasteiger partial charge in [0, 0.05) is 45.2 Å². The molecule has 2 aliphatic heterocycles. The first kappa shape index (κ1) is 13.1. The summed E-state index contributed by atoms with van der Waals surface area (Å²) in [6, 6.07) is 0.404. The van der Waals surface area contributed by atoms with E-state index in [4.69, 9.17) is 0 Å². The van der Waals surface area contributed by atoms with Gasteiger partial charge in [-0.3, -0.25) is 9.79 Å². The molecule has 6 nitrogen and oxygen atoms in total. The van der Waals surface area contributed by atoms with Crippen LogP contribution in [0, 0.1) is 0 Å². The van der Waals surface area contributed by atoms with Gasteiger partial charge < -0.3 is 20.4 Å². The Balaban J connectivity index is 1.63. The molecule has 2 N–H and O–H groups in total. The lowest BCUT2D eigenvalue weighted by Gasteiger charge is -2.32. The molecule has 0 aromatic carbocycles. The number of rotatable bonds is 3. The summed E-state index contributed by atoms with van der Waals surface area (Å²) in [6.07, 6.45) is 0.540. The lowest BCUT2D eigenvalue weighted by molar-refractivity contribution is -0.132. The summed E-state index contributed by atoms with van der Waals surface area (Å²) in [7, 11) is 2.09. The third-order valence-corrected chi connectivity index (χ3v) is 3.39. The highest BCUT2D eigenvalue weighted by molar-refractivity contribution is 5.82. The molecule has 0 aliphatic carbocycles. The number of hydrogen-bond donors (Lipinski definition) is 2. The third kappa shape index (κ3) is 3.60. The SMILES string of the molecule is CC1CN=C(NCCC(=O)N2CCN(C)CC2)N1. The highest BCUT2D eigenvalue weighted by atomic mass is 16.2. The second kappa shape index (κ2) is 6.04. The Morgan fingerprint density at radius 3 is 2.78 bits per heavy atom. The van der Waals surface area contributed by atoms with E-state index >= 15 is 0 Å². The second-order valence-electron chi connectivity index (χ2n) is 5.10. The molecule has 102 valence electrons. The van der Waals surface area contributed by atoms with Crippen LogP contribution in [-0.4, -0.2) is 74.0 Å². The van der Waals surface area contributed by atoms with Crippen molar-refractivity contribution < 1.29 is 4.79 Å². The number of carbonyl (C=O) groups excluding carboxylic acids is 1. The summed E-state index contributed by atoms with van der Waals surface area (Å²) in [6.45, 7) is 7.22. The van der Waals surface area contributed by atoms with Gasteiger partial charge in [0.25, 0.3) is 0 Å². The van der Waals surface area contributed by atoms with Crippen LogP contribution in [0.4, 0.5) is 0 Å². The molecular formula is C12H23N5O. The highest BCUT2D eigenvalue weighted by Gasteiger charge is 2.19. The third-order valence-electron chi connectivity index (χ3n) is 3.39. The average molecular weight is 253 g/mol. The molecule has 0 bridgehead atoms. The van der Waals surface area contributed by atoms with Crippen LogP contribution in [-0.2, 0) is 4.79 Å². The van der Waals surface area contributed by atoms with Crippen LogP contribution in [0.3, 0.4) is 0 Å². The molecule has 0 saturated carbocycles. The van der Waals surface area contributed by atoms with Crippen molar-refractivity contribution >= 4 is 11.9 Å². The molecule has 18 heavy (non-hydrogen) atoms. The highest BCUT2D eigenvalue weighted by Crippen LogP contribution is 2.01. The number of hydrogen-bond acceptors (Lipinski definition) is 5. The van der Waals surface area contributed by atoms with Crippen LogP contribution >= 0.6 is 0 Å². The zero-order chi connectivity index (χ0) is 13.0. The Morgan fingerprint density at radius 1 is 1.44 bits per heavy atom. The Hall–Kier alpha value is -1.30. The van der Waals surface area contributed by atoms with Gasteiger partial charge in [-0.25, -0.2) is 0 Å². The number of aliphatic imine (C=N–C) groups is 1. The molecule has 2 aliphatic rings. The van der Waals surface area contributed by atoms with E-state index < -0.39 is 0 Å². The molecule has 2 rings (SSSR count). The molecule has 0 radical (unpaired) electrons. The molecule has 0 aromatic rings. The molecule has 0 aromatic heterocycles. The summed E-state index contributed by atoms with van der Waals surface area (Å²) in [4.78, 5) is 20.5. The molecule has 1 atom stereocenters. The average Bonchev–Trinajstić information content (AvgIpc) is 2.76. The van der Waals surface area contributed by atoms with Crippen LogP contribution in [0.25, 0.3) is 0 Å². The standard InChI is InChI=1S/C12H23N5O/c1-10-9-14-12(15-10)13-4-3-11(18)17-7-5-16(2)6-8-17/h10H,3-9H2,1-2H3,(H2,13,14,15). The summed E-state index contributed by atoms with van der Waals surface area (Å²) in [5, 5.41) is 6.39. The molecule has 6 heteroatoms. The Kier molecular flexibility index (Phi) is 4.41. The maximum Gasteiger partial charge on any atom is 0.224 e. The first-order valence-corrected chi connectivity index (χ1v) is 6.66. The number of piperazine rings is 1. The summed E-state index contributed by atoms with van der Waals surface area (Å²) < 4.78 is 0. The minimum atomic E-state index is 0.238. The molecular weight excluding hydrogens is 230 g/mol. The number of nitrogens with zero attached hydrogens (tertiary/aromatic N) is 3. The second-order valence-corrected chi connectivity index (χ2v) is 5.10. The topological polar surface area (TPSA) is 60.0 Å². The van der Waals surface area contributed by atoms with Crippen molar-refractivity contribution in [3.05, 3.63) is 0 Å². The zero-order valence-electron chi connectivity index (χ0n) is 11.3. The fourth-order valence-electron chi connectivity index (χ4n) is 2.16. The molecule has 1 fully saturated rings. The van der Waals surface area contributed by atoms with Crippen LogP contribution in [0.5, 0.6) is 0 Å². The fraction of sp³-hybridized carbons (Fsp3) is 0.833. The van der Waals surface area contributed by atoms with E-state index in [1.807, 2.05) is 4.90 Å². The largest absolute Gasteiger partial charge is 0.356 e. The van der Waals surface area contributed by atoms with Crippen LogP contribution in [0.2, 0.25) is 0 Å². The lowest BCUT2D eigenvalue weighted by Crippen LogP contribution is -2.48. The number of amides is 1. The number of nitrogens with one attached hydrogen (secondary N) is 2. The van der Waals surface area contributed by atoms with E-state index in [2.05, 4.69) is 34.5 Å². The predicted octanol–water partition coefficient (Wildman–Crippen LogP) is -0.912. The van der Waals surface area contributed by atoms with Gasteiger partial charge in [-0.05, 0) is 14.0 Å². The van der Waals surface area contributed by atoms with Gasteiger partial charge in [0.2, 0.25) is 5.91 Å². The minimum Gasteiger partial charge on any atom is -0.356 e. The van der Waals surface area contributed by atoms with Gasteiger partial charge in [0.05, 0.1) is 6.54 Å². The van der Waals surface area contributed by atoms with Crippen molar-refractivity contribution in [2.24, 2.45) is 4.99 Å². The van der Waals surface area contributed by atoms with Crippen molar-refractivity contribution in [1.82, 2.24) is 20.4 Å². The van der Waals surface area contributed by atoms with Crippen molar-refractivity contribution in [2.45, 2.75) is 19.4 Å². The van der Waals surface area contributed by atoms with Crippen molar-refractivity contribution in [1.29, 1.82) is 0 Å². The van der Waals surface area contributed by atoms with Crippen LogP contribution in [0.15, 0.2) is 4.99 Å². The van der Waals surface area contributed by atoms with Gasteiger partial charge in [-0.2, -0.15) is 0 Å². The van der Waals surface area contributed by atoms with Crippen molar-refractivity contribution in [3.63, 3.8) is 0 Å². The first-order valence-electron chi connectivity index (χ1n) is 6.66. The van der Waals surface area contributed by atoms with Crippen LogP contribution < -0.4 is 10.6 Å². The number of carbonyl (C=O) groups is 1. The smallest absolute Gasteiger partial charge is 0.224 e. The minimum absolute atomic E-state index is 0.238. The van der Waals surface area contributed by atoms with E-state index in [9.17, 15) is 4.79 Å². The Bertz CT molecular complexity index is 322. The van der Waals surface area contributed by atoms with E-state index in [0.29, 0.717) is 19.0 Å². The molecule has 1 unspecified atom stereocenters. The summed E-state index contributed by atoms with van der Waals surface area (Å²) >= 11 is 0. The Morgan fingerprint density at radius 2 is 2.17 bits per heavy atom.